The Morgan fingerprint density at radius 2 is 2.00 bits per heavy atom. The maximum atomic E-state index is 13.4. The van der Waals surface area contributed by atoms with Crippen LogP contribution in [0.2, 0.25) is 0 Å². The predicted molar refractivity (Wildman–Crippen MR) is 134 cm³/mol. The Morgan fingerprint density at radius 3 is 2.71 bits per heavy atom. The average molecular weight is 488 g/mol. The second-order valence-corrected chi connectivity index (χ2v) is 11.1. The van der Waals surface area contributed by atoms with Crippen molar-refractivity contribution >= 4 is 35.1 Å². The van der Waals surface area contributed by atoms with Crippen molar-refractivity contribution in [2.45, 2.75) is 77.0 Å². The number of allylic oxidation sites excluding steroid dienone is 1. The summed E-state index contributed by atoms with van der Waals surface area (Å²) in [6.07, 6.45) is 13.3. The zero-order valence-electron chi connectivity index (χ0n) is 20.5. The molecule has 0 aromatic heterocycles. The Morgan fingerprint density at radius 1 is 1.24 bits per heavy atom. The van der Waals surface area contributed by atoms with Crippen molar-refractivity contribution in [3.8, 4) is 0 Å². The molecular weight excluding hydrogens is 452 g/mol. The van der Waals surface area contributed by atoms with E-state index >= 15 is 0 Å². The number of hydrogen-bond donors (Lipinski definition) is 1. The van der Waals surface area contributed by atoms with Crippen molar-refractivity contribution < 1.29 is 23.5 Å². The Bertz CT molecular complexity index is 1010. The van der Waals surface area contributed by atoms with Gasteiger partial charge in [0.2, 0.25) is 5.84 Å². The minimum Gasteiger partial charge on any atom is -0.459 e. The van der Waals surface area contributed by atoms with Crippen molar-refractivity contribution in [1.82, 2.24) is 4.90 Å². The summed E-state index contributed by atoms with van der Waals surface area (Å²) in [6.45, 7) is 5.91. The molecule has 9 heteroatoms. The highest BCUT2D eigenvalue weighted by atomic mass is 32.1. The first kappa shape index (κ1) is 24.6. The Hall–Kier alpha value is -2.52. The zero-order valence-corrected chi connectivity index (χ0v) is 21.3. The minimum atomic E-state index is -0.766. The van der Waals surface area contributed by atoms with E-state index in [1.807, 2.05) is 46.2 Å². The van der Waals surface area contributed by atoms with Gasteiger partial charge in [-0.2, -0.15) is 4.99 Å². The third-order valence-electron chi connectivity index (χ3n) is 7.10. The van der Waals surface area contributed by atoms with E-state index in [0.717, 1.165) is 30.7 Å². The normalized spacial score (nSPS) is 32.6. The van der Waals surface area contributed by atoms with E-state index in [1.165, 1.54) is 4.90 Å². The first-order valence-electron chi connectivity index (χ1n) is 12.0. The number of ether oxygens (including phenoxy) is 2. The van der Waals surface area contributed by atoms with Crippen LogP contribution in [0, 0.1) is 5.41 Å². The van der Waals surface area contributed by atoms with Gasteiger partial charge in [-0.25, -0.2) is 14.1 Å². The number of likely N-dealkylation sites (N-methyl/N-ethyl adjacent to an activating group) is 1. The number of quaternary nitrogens is 1. The molecule has 34 heavy (non-hydrogen) atoms. The highest BCUT2D eigenvalue weighted by molar-refractivity contribution is 7.80. The van der Waals surface area contributed by atoms with Gasteiger partial charge in [0, 0.05) is 18.2 Å². The molecule has 0 radical (unpaired) electrons. The lowest BCUT2D eigenvalue weighted by Gasteiger charge is -2.45. The molecule has 4 aliphatic rings. The van der Waals surface area contributed by atoms with E-state index in [9.17, 15) is 9.59 Å². The maximum absolute atomic E-state index is 13.4. The lowest BCUT2D eigenvalue weighted by atomic mass is 9.66. The molecule has 1 aliphatic carbocycles. The van der Waals surface area contributed by atoms with Gasteiger partial charge in [-0.1, -0.05) is 18.6 Å². The number of aliphatic imine (C=N–C) groups is 1. The molecule has 8 nitrogen and oxygen atoms in total. The number of esters is 1. The van der Waals surface area contributed by atoms with Crippen LogP contribution in [0.1, 0.15) is 59.3 Å². The molecule has 3 heterocycles. The van der Waals surface area contributed by atoms with Gasteiger partial charge in [0.05, 0.1) is 23.7 Å². The van der Waals surface area contributed by atoms with Crippen LogP contribution in [-0.2, 0) is 14.3 Å². The fraction of sp³-hybridized carbons (Fsp3) is 0.600. The van der Waals surface area contributed by atoms with Gasteiger partial charge in [-0.15, -0.1) is 0 Å². The van der Waals surface area contributed by atoms with E-state index < -0.39 is 35.2 Å². The average Bonchev–Trinajstić information content (AvgIpc) is 3.38. The molecule has 0 aromatic rings. The van der Waals surface area contributed by atoms with E-state index in [1.54, 1.807) is 6.20 Å². The standard InChI is InChI=1S/C25H34N4O4S/c1-24(2,3)33-23(31)28-14-7-8-18(28)21(30)32-19-9-5-6-12-25(19,22(26)34)17-10-11-20-27-13-15-29(20,4)16-17/h10-11,13,15-16,18-19H,5-9,12,14H2,1-4H3,(H-,26,34)/p+1/t18-,19?,25?,29?/m0/s1. The van der Waals surface area contributed by atoms with Gasteiger partial charge in [-0.05, 0) is 59.0 Å². The number of thiocarbonyl (C=S) groups is 1. The summed E-state index contributed by atoms with van der Waals surface area (Å²) < 4.78 is 12.1. The number of hydrogen-bond acceptors (Lipinski definition) is 6. The molecule has 2 N–H and O–H groups in total. The van der Waals surface area contributed by atoms with E-state index in [0.29, 0.717) is 35.3 Å². The molecule has 4 rings (SSSR count). The highest BCUT2D eigenvalue weighted by Crippen LogP contribution is 2.47. The zero-order chi connectivity index (χ0) is 24.7. The summed E-state index contributed by atoms with van der Waals surface area (Å²) >= 11 is 5.63. The van der Waals surface area contributed by atoms with Gasteiger partial charge in [0.25, 0.3) is 0 Å². The SMILES string of the molecule is CC(C)(C)OC(=O)N1CCC[C@H]1C(=O)OC1CCCCC1(C(N)=S)C1=C[N+]2(C)C=CN=C2C=C1. The molecule has 3 unspecified atom stereocenters. The monoisotopic (exact) mass is 487 g/mol. The fourth-order valence-electron chi connectivity index (χ4n) is 5.35. The van der Waals surface area contributed by atoms with Gasteiger partial charge in [0.15, 0.2) is 0 Å². The van der Waals surface area contributed by atoms with Crippen LogP contribution in [0.5, 0.6) is 0 Å². The lowest BCUT2D eigenvalue weighted by molar-refractivity contribution is -0.704. The molecule has 3 aliphatic heterocycles. The third kappa shape index (κ3) is 4.43. The number of rotatable bonds is 4. The summed E-state index contributed by atoms with van der Waals surface area (Å²) in [7, 11) is 2.04. The van der Waals surface area contributed by atoms with Gasteiger partial charge < -0.3 is 15.2 Å². The van der Waals surface area contributed by atoms with Crippen LogP contribution in [0.3, 0.4) is 0 Å². The molecule has 0 aromatic carbocycles. The Kier molecular flexibility index (Phi) is 6.46. The van der Waals surface area contributed by atoms with Gasteiger partial charge >= 0.3 is 12.1 Å². The third-order valence-corrected chi connectivity index (χ3v) is 7.46. The highest BCUT2D eigenvalue weighted by Gasteiger charge is 2.51. The lowest BCUT2D eigenvalue weighted by Crippen LogP contribution is -2.54. The molecule has 4 atom stereocenters. The smallest absolute Gasteiger partial charge is 0.411 e. The predicted octanol–water partition coefficient (Wildman–Crippen LogP) is 3.93. The first-order chi connectivity index (χ1) is 16.0. The van der Waals surface area contributed by atoms with E-state index in [2.05, 4.69) is 11.2 Å². The summed E-state index contributed by atoms with van der Waals surface area (Å²) in [4.78, 5) is 32.4. The minimum absolute atomic E-state index is 0.325. The number of carbonyl (C=O) groups is 2. The summed E-state index contributed by atoms with van der Waals surface area (Å²) in [5, 5.41) is 0. The molecule has 184 valence electrons. The number of fused-ring (bicyclic) bond motifs is 1. The van der Waals surface area contributed by atoms with Gasteiger partial charge in [0.1, 0.15) is 30.1 Å². The van der Waals surface area contributed by atoms with E-state index in [-0.39, 0.29) is 0 Å². The molecule has 0 spiro atoms. The maximum Gasteiger partial charge on any atom is 0.411 e. The van der Waals surface area contributed by atoms with Gasteiger partial charge in [-0.3, -0.25) is 4.90 Å². The fourth-order valence-corrected chi connectivity index (χ4v) is 5.70. The number of nitrogens with zero attached hydrogens (tertiary/aromatic N) is 3. The molecule has 1 amide bonds. The number of nitrogens with two attached hydrogens (primary N) is 1. The van der Waals surface area contributed by atoms with Crippen molar-refractivity contribution in [1.29, 1.82) is 0 Å². The number of likely N-dealkylation sites (tertiary alicyclic amines) is 1. The molecule has 2 fully saturated rings. The second-order valence-electron chi connectivity index (χ2n) is 10.7. The number of amidine groups is 1. The molecule has 1 saturated heterocycles. The van der Waals surface area contributed by atoms with Crippen molar-refractivity contribution in [3.63, 3.8) is 0 Å². The van der Waals surface area contributed by atoms with Crippen LogP contribution in [0.4, 0.5) is 4.79 Å². The largest absolute Gasteiger partial charge is 0.459 e. The topological polar surface area (TPSA) is 94.2 Å². The Labute approximate surface area is 206 Å². The summed E-state index contributed by atoms with van der Waals surface area (Å²) in [6, 6.07) is -0.665. The van der Waals surface area contributed by atoms with Crippen molar-refractivity contribution in [2.24, 2.45) is 16.1 Å². The summed E-state index contributed by atoms with van der Waals surface area (Å²) in [5.74, 6) is 0.491. The van der Waals surface area contributed by atoms with E-state index in [4.69, 9.17) is 27.4 Å². The van der Waals surface area contributed by atoms with Crippen LogP contribution >= 0.6 is 12.2 Å². The number of amides is 1. The molecule has 1 saturated carbocycles. The Balaban J connectivity index is 1.59. The number of carbonyl (C=O) groups excluding carboxylic acids is 2. The molecular formula is C25H35N4O4S+. The quantitative estimate of drug-likeness (QED) is 0.367. The second kappa shape index (κ2) is 8.92. The van der Waals surface area contributed by atoms with Crippen LogP contribution < -0.4 is 5.73 Å². The van der Waals surface area contributed by atoms with Crippen molar-refractivity contribution in [3.05, 3.63) is 36.3 Å². The van der Waals surface area contributed by atoms with Crippen molar-refractivity contribution in [2.75, 3.05) is 13.6 Å². The van der Waals surface area contributed by atoms with Crippen LogP contribution in [-0.4, -0.2) is 63.6 Å². The summed E-state index contributed by atoms with van der Waals surface area (Å²) in [5.41, 5.74) is 5.95. The molecule has 0 bridgehead atoms. The first-order valence-corrected chi connectivity index (χ1v) is 12.4. The van der Waals surface area contributed by atoms with Crippen LogP contribution in [0.15, 0.2) is 41.3 Å². The van der Waals surface area contributed by atoms with Crippen LogP contribution in [0.25, 0.3) is 0 Å².